The number of aliphatic imine (C=N–C) groups is 2. The zero-order chi connectivity index (χ0) is 50.0. The summed E-state index contributed by atoms with van der Waals surface area (Å²) in [6, 6.07) is 52.0. The monoisotopic (exact) mass is 956 g/mol. The van der Waals surface area contributed by atoms with Crippen molar-refractivity contribution in [2.24, 2.45) is 30.4 Å². The third kappa shape index (κ3) is 17.8. The smallest absolute Gasteiger partial charge is 0.343 e. The first-order valence-electron chi connectivity index (χ1n) is 25.4. The maximum Gasteiger partial charge on any atom is 0.343 e. The molecule has 0 aliphatic rings. The lowest BCUT2D eigenvalue weighted by Crippen LogP contribution is -2.08. The summed E-state index contributed by atoms with van der Waals surface area (Å²) in [5.74, 6) is -0.106. The summed E-state index contributed by atoms with van der Waals surface area (Å²) in [5.41, 5.74) is 9.43. The highest BCUT2D eigenvalue weighted by atomic mass is 16.5. The Labute approximate surface area is 424 Å². The van der Waals surface area contributed by atoms with Crippen molar-refractivity contribution in [1.82, 2.24) is 0 Å². The van der Waals surface area contributed by atoms with Gasteiger partial charge >= 0.3 is 11.9 Å². The van der Waals surface area contributed by atoms with Gasteiger partial charge in [0, 0.05) is 12.4 Å². The number of hydrogen-bond donors (Lipinski definition) is 0. The Morgan fingerprint density at radius 2 is 0.708 bits per heavy atom. The van der Waals surface area contributed by atoms with Crippen LogP contribution >= 0.6 is 0 Å². The van der Waals surface area contributed by atoms with Gasteiger partial charge in [-0.2, -0.15) is 20.5 Å². The van der Waals surface area contributed by atoms with Crippen molar-refractivity contribution in [3.8, 4) is 11.5 Å². The fraction of sp³-hybridized carbons (Fsp3) is 0.258. The fourth-order valence-corrected chi connectivity index (χ4v) is 7.76. The molecule has 10 nitrogen and oxygen atoms in total. The van der Waals surface area contributed by atoms with Crippen LogP contribution in [-0.4, -0.2) is 24.4 Å². The lowest BCUT2D eigenvalue weighted by atomic mass is 10.0. The van der Waals surface area contributed by atoms with Crippen LogP contribution in [0.3, 0.4) is 0 Å². The molecule has 0 spiro atoms. The van der Waals surface area contributed by atoms with Crippen LogP contribution in [0.1, 0.15) is 134 Å². The molecule has 0 saturated heterocycles. The molecule has 0 atom stereocenters. The fourth-order valence-electron chi connectivity index (χ4n) is 7.76. The maximum absolute atomic E-state index is 12.9. The summed E-state index contributed by atoms with van der Waals surface area (Å²) >= 11 is 0. The van der Waals surface area contributed by atoms with Crippen molar-refractivity contribution < 1.29 is 19.1 Å². The van der Waals surface area contributed by atoms with Crippen molar-refractivity contribution in [3.05, 3.63) is 203 Å². The van der Waals surface area contributed by atoms with E-state index in [4.69, 9.17) is 9.47 Å². The topological polar surface area (TPSA) is 127 Å². The van der Waals surface area contributed by atoms with Crippen LogP contribution in [0.2, 0.25) is 0 Å². The number of rotatable bonds is 26. The second kappa shape index (κ2) is 28.6. The second-order valence-electron chi connectivity index (χ2n) is 17.8. The van der Waals surface area contributed by atoms with Gasteiger partial charge in [0.25, 0.3) is 0 Å². The van der Waals surface area contributed by atoms with Crippen molar-refractivity contribution >= 4 is 58.5 Å². The van der Waals surface area contributed by atoms with Crippen LogP contribution in [0.15, 0.2) is 200 Å². The lowest BCUT2D eigenvalue weighted by molar-refractivity contribution is 0.0725. The van der Waals surface area contributed by atoms with Crippen LogP contribution in [0, 0.1) is 0 Å². The van der Waals surface area contributed by atoms with Gasteiger partial charge in [-0.15, -0.1) is 0 Å². The van der Waals surface area contributed by atoms with Gasteiger partial charge in [-0.05, 0) is 163 Å². The zero-order valence-corrected chi connectivity index (χ0v) is 41.5. The van der Waals surface area contributed by atoms with E-state index in [0.29, 0.717) is 45.4 Å². The average molecular weight is 957 g/mol. The largest absolute Gasteiger partial charge is 0.423 e. The Hall–Kier alpha value is -7.98. The second-order valence-corrected chi connectivity index (χ2v) is 17.8. The molecule has 366 valence electrons. The molecule has 7 aromatic rings. The van der Waals surface area contributed by atoms with Gasteiger partial charge in [-0.25, -0.2) is 9.59 Å². The normalized spacial score (nSPS) is 11.6. The van der Waals surface area contributed by atoms with Crippen LogP contribution < -0.4 is 9.47 Å². The molecule has 72 heavy (non-hydrogen) atoms. The molecule has 0 aliphatic heterocycles. The maximum atomic E-state index is 12.9. The molecule has 0 radical (unpaired) electrons. The number of azo groups is 2. The van der Waals surface area contributed by atoms with E-state index in [1.54, 1.807) is 85.2 Å². The minimum atomic E-state index is -0.467. The molecule has 0 heterocycles. The minimum Gasteiger partial charge on any atom is -0.423 e. The average Bonchev–Trinajstić information content (AvgIpc) is 3.42. The van der Waals surface area contributed by atoms with Gasteiger partial charge in [0.2, 0.25) is 0 Å². The minimum absolute atomic E-state index is 0.414. The van der Waals surface area contributed by atoms with E-state index in [1.165, 1.54) is 88.2 Å². The molecular formula is C62H64N6O4. The first kappa shape index (κ1) is 51.9. The van der Waals surface area contributed by atoms with E-state index < -0.39 is 11.9 Å². The third-order valence-corrected chi connectivity index (χ3v) is 12.0. The van der Waals surface area contributed by atoms with Crippen LogP contribution in [0.5, 0.6) is 11.5 Å². The van der Waals surface area contributed by atoms with Crippen LogP contribution in [0.25, 0.3) is 0 Å². The Bertz CT molecular complexity index is 2680. The van der Waals surface area contributed by atoms with Gasteiger partial charge in [0.1, 0.15) is 11.5 Å². The number of esters is 2. The van der Waals surface area contributed by atoms with E-state index in [0.717, 1.165) is 35.3 Å². The van der Waals surface area contributed by atoms with E-state index >= 15 is 0 Å². The Morgan fingerprint density at radius 1 is 0.375 bits per heavy atom. The van der Waals surface area contributed by atoms with Crippen LogP contribution in [0.4, 0.5) is 34.1 Å². The van der Waals surface area contributed by atoms with Crippen molar-refractivity contribution in [2.75, 3.05) is 0 Å². The van der Waals surface area contributed by atoms with Gasteiger partial charge in [-0.3, -0.25) is 9.98 Å². The van der Waals surface area contributed by atoms with Crippen LogP contribution in [-0.2, 0) is 12.8 Å². The molecule has 7 rings (SSSR count). The Morgan fingerprint density at radius 3 is 1.07 bits per heavy atom. The first-order chi connectivity index (χ1) is 35.4. The standard InChI is InChI=1S/C62H64N6O4/c1-3-5-7-9-11-13-16-47-24-32-53(33-25-47)65-67-55-36-40-59(41-37-55)71-61(69)51-28-20-49(21-29-51)45-63-57-18-15-19-58(44-57)64-46-50-22-30-52(31-23-50)62(70)72-60-42-38-56(39-43-60)68-66-54-34-26-48(27-35-54)17-14-12-10-8-6-4-2/h15,18-46H,3-14,16-17H2,1-2H3. The molecule has 10 heteroatoms. The first-order valence-corrected chi connectivity index (χ1v) is 25.4. The molecule has 0 aromatic heterocycles. The quantitative estimate of drug-likeness (QED) is 0.0176. The SMILES string of the molecule is CCCCCCCCc1ccc(N=Nc2ccc(OC(=O)c3ccc(C=Nc4cccc(N=Cc5ccc(C(=O)Oc6ccc(N=Nc7ccc(CCCCCCCC)cc7)cc6)cc5)c4)cc3)cc2)cc1. The molecule has 0 aliphatic carbocycles. The number of benzene rings is 7. The summed E-state index contributed by atoms with van der Waals surface area (Å²) < 4.78 is 11.2. The number of carbonyl (C=O) groups excluding carboxylic acids is 2. The molecule has 0 unspecified atom stereocenters. The zero-order valence-electron chi connectivity index (χ0n) is 41.5. The summed E-state index contributed by atoms with van der Waals surface area (Å²) in [6.07, 6.45) is 21.1. The molecule has 0 fully saturated rings. The number of unbranched alkanes of at least 4 members (excludes halogenated alkanes) is 10. The summed E-state index contributed by atoms with van der Waals surface area (Å²) in [5, 5.41) is 17.4. The predicted octanol–water partition coefficient (Wildman–Crippen LogP) is 18.3. The summed E-state index contributed by atoms with van der Waals surface area (Å²) in [4.78, 5) is 35.1. The number of nitrogens with zero attached hydrogens (tertiary/aromatic N) is 6. The van der Waals surface area contributed by atoms with Gasteiger partial charge in [-0.1, -0.05) is 133 Å². The Balaban J connectivity index is 0.820. The molecule has 0 saturated carbocycles. The molecule has 0 amide bonds. The number of hydrogen-bond acceptors (Lipinski definition) is 10. The third-order valence-electron chi connectivity index (χ3n) is 12.0. The highest BCUT2D eigenvalue weighted by molar-refractivity contribution is 5.93. The molecule has 7 aromatic carbocycles. The van der Waals surface area contributed by atoms with E-state index in [-0.39, 0.29) is 0 Å². The summed E-state index contributed by atoms with van der Waals surface area (Å²) in [7, 11) is 0. The Kier molecular flexibility index (Phi) is 20.6. The van der Waals surface area contributed by atoms with E-state index in [9.17, 15) is 9.59 Å². The highest BCUT2D eigenvalue weighted by Gasteiger charge is 2.10. The highest BCUT2D eigenvalue weighted by Crippen LogP contribution is 2.26. The van der Waals surface area contributed by atoms with Crippen molar-refractivity contribution in [3.63, 3.8) is 0 Å². The van der Waals surface area contributed by atoms with Gasteiger partial charge in [0.15, 0.2) is 0 Å². The van der Waals surface area contributed by atoms with Crippen molar-refractivity contribution in [2.45, 2.75) is 104 Å². The van der Waals surface area contributed by atoms with Gasteiger partial charge < -0.3 is 9.47 Å². The number of ether oxygens (including phenoxy) is 2. The van der Waals surface area contributed by atoms with Crippen molar-refractivity contribution in [1.29, 1.82) is 0 Å². The molecular weight excluding hydrogens is 893 g/mol. The molecule has 0 bridgehead atoms. The lowest BCUT2D eigenvalue weighted by Gasteiger charge is -2.05. The van der Waals surface area contributed by atoms with E-state index in [2.05, 4.69) is 68.6 Å². The molecule has 0 N–H and O–H groups in total. The number of aryl methyl sites for hydroxylation is 2. The summed E-state index contributed by atoms with van der Waals surface area (Å²) in [6.45, 7) is 4.49. The van der Waals surface area contributed by atoms with E-state index in [1.807, 2.05) is 72.8 Å². The van der Waals surface area contributed by atoms with Gasteiger partial charge in [0.05, 0.1) is 45.3 Å². The number of carbonyl (C=O) groups is 2. The predicted molar refractivity (Wildman–Crippen MR) is 292 cm³/mol.